The third-order valence-corrected chi connectivity index (χ3v) is 4.27. The summed E-state index contributed by atoms with van der Waals surface area (Å²) in [6, 6.07) is 6.43. The Morgan fingerprint density at radius 1 is 1.32 bits per heavy atom. The molecule has 106 valence electrons. The Morgan fingerprint density at radius 2 is 2.05 bits per heavy atom. The second-order valence-corrected chi connectivity index (χ2v) is 5.98. The highest BCUT2D eigenvalue weighted by Gasteiger charge is 2.25. The van der Waals surface area contributed by atoms with Gasteiger partial charge in [0.05, 0.1) is 0 Å². The normalized spacial score (nSPS) is 22.7. The van der Waals surface area contributed by atoms with Crippen molar-refractivity contribution in [3.63, 3.8) is 0 Å². The van der Waals surface area contributed by atoms with Gasteiger partial charge in [-0.3, -0.25) is 4.90 Å². The molecule has 0 aliphatic carbocycles. The summed E-state index contributed by atoms with van der Waals surface area (Å²) in [4.78, 5) is 2.45. The van der Waals surface area contributed by atoms with Crippen molar-refractivity contribution in [2.75, 3.05) is 19.6 Å². The fourth-order valence-electron chi connectivity index (χ4n) is 2.68. The van der Waals surface area contributed by atoms with Gasteiger partial charge in [0.15, 0.2) is 0 Å². The van der Waals surface area contributed by atoms with Gasteiger partial charge in [0.2, 0.25) is 0 Å². The van der Waals surface area contributed by atoms with E-state index in [1.54, 1.807) is 6.07 Å². The van der Waals surface area contributed by atoms with Crippen molar-refractivity contribution in [1.82, 2.24) is 10.2 Å². The summed E-state index contributed by atoms with van der Waals surface area (Å²) in [6.45, 7) is 11.6. The lowest BCUT2D eigenvalue weighted by atomic mass is 9.98. The van der Waals surface area contributed by atoms with Gasteiger partial charge < -0.3 is 5.32 Å². The fourth-order valence-corrected chi connectivity index (χ4v) is 2.68. The number of hydrogen-bond acceptors (Lipinski definition) is 2. The molecule has 19 heavy (non-hydrogen) atoms. The molecule has 1 aliphatic heterocycles. The zero-order valence-electron chi connectivity index (χ0n) is 12.4. The molecule has 1 aliphatic rings. The molecule has 0 spiro atoms. The van der Waals surface area contributed by atoms with Gasteiger partial charge in [-0.1, -0.05) is 26.0 Å². The molecule has 0 bridgehead atoms. The number of piperazine rings is 1. The molecule has 1 fully saturated rings. The first-order chi connectivity index (χ1) is 8.99. The predicted molar refractivity (Wildman–Crippen MR) is 77.8 cm³/mol. The van der Waals surface area contributed by atoms with Crippen LogP contribution >= 0.6 is 0 Å². The average Bonchev–Trinajstić information content (AvgIpc) is 2.41. The van der Waals surface area contributed by atoms with Gasteiger partial charge in [-0.2, -0.15) is 0 Å². The largest absolute Gasteiger partial charge is 0.311 e. The van der Waals surface area contributed by atoms with Gasteiger partial charge in [0.25, 0.3) is 0 Å². The minimum Gasteiger partial charge on any atom is -0.311 e. The van der Waals surface area contributed by atoms with E-state index in [1.165, 1.54) is 0 Å². The lowest BCUT2D eigenvalue weighted by Gasteiger charge is -2.39. The number of halogens is 1. The molecule has 1 aromatic carbocycles. The van der Waals surface area contributed by atoms with E-state index in [1.807, 2.05) is 13.0 Å². The Balaban J connectivity index is 2.10. The van der Waals surface area contributed by atoms with Gasteiger partial charge in [-0.15, -0.1) is 0 Å². The second kappa shape index (κ2) is 6.02. The summed E-state index contributed by atoms with van der Waals surface area (Å²) < 4.78 is 13.7. The number of aryl methyl sites for hydroxylation is 1. The van der Waals surface area contributed by atoms with Crippen molar-refractivity contribution in [2.24, 2.45) is 5.92 Å². The summed E-state index contributed by atoms with van der Waals surface area (Å²) in [6.07, 6.45) is 0. The minimum absolute atomic E-state index is 0.0973. The molecule has 0 amide bonds. The standard InChI is InChI=1S/C16H25FN2/c1-11(2)16-10-19(8-7-18-16)13(4)14-6-5-12(3)15(17)9-14/h5-6,9,11,13,16,18H,7-8,10H2,1-4H3. The van der Waals surface area contributed by atoms with Crippen LogP contribution in [0.3, 0.4) is 0 Å². The molecule has 0 aromatic heterocycles. The van der Waals surface area contributed by atoms with Crippen molar-refractivity contribution in [2.45, 2.75) is 39.8 Å². The van der Waals surface area contributed by atoms with E-state index in [2.05, 4.69) is 37.1 Å². The molecule has 3 heteroatoms. The van der Waals surface area contributed by atoms with Crippen molar-refractivity contribution >= 4 is 0 Å². The monoisotopic (exact) mass is 264 g/mol. The van der Waals surface area contributed by atoms with E-state index in [-0.39, 0.29) is 11.9 Å². The third-order valence-electron chi connectivity index (χ3n) is 4.27. The number of hydrogen-bond donors (Lipinski definition) is 1. The highest BCUT2D eigenvalue weighted by Crippen LogP contribution is 2.24. The fraction of sp³-hybridized carbons (Fsp3) is 0.625. The van der Waals surface area contributed by atoms with Crippen LogP contribution in [0.2, 0.25) is 0 Å². The first-order valence-corrected chi connectivity index (χ1v) is 7.22. The third kappa shape index (κ3) is 3.34. The molecule has 1 N–H and O–H groups in total. The summed E-state index contributed by atoms with van der Waals surface area (Å²) >= 11 is 0. The zero-order chi connectivity index (χ0) is 14.0. The van der Waals surface area contributed by atoms with Crippen LogP contribution in [-0.2, 0) is 0 Å². The van der Waals surface area contributed by atoms with Gasteiger partial charge in [-0.05, 0) is 37.0 Å². The molecule has 1 heterocycles. The SMILES string of the molecule is Cc1ccc(C(C)N2CCNC(C(C)C)C2)cc1F. The molecule has 1 saturated heterocycles. The van der Waals surface area contributed by atoms with Crippen LogP contribution in [0.4, 0.5) is 4.39 Å². The number of nitrogens with zero attached hydrogens (tertiary/aromatic N) is 1. The second-order valence-electron chi connectivity index (χ2n) is 5.98. The van der Waals surface area contributed by atoms with Gasteiger partial charge in [0.1, 0.15) is 5.82 Å². The molecular formula is C16H25FN2. The lowest BCUT2D eigenvalue weighted by molar-refractivity contribution is 0.134. The Bertz CT molecular complexity index is 431. The summed E-state index contributed by atoms with van der Waals surface area (Å²) in [5, 5.41) is 3.56. The van der Waals surface area contributed by atoms with E-state index < -0.39 is 0 Å². The highest BCUT2D eigenvalue weighted by atomic mass is 19.1. The first-order valence-electron chi connectivity index (χ1n) is 7.22. The molecule has 0 radical (unpaired) electrons. The maximum Gasteiger partial charge on any atom is 0.126 e. The summed E-state index contributed by atoms with van der Waals surface area (Å²) in [5.41, 5.74) is 1.80. The molecular weight excluding hydrogens is 239 g/mol. The van der Waals surface area contributed by atoms with Crippen LogP contribution in [0.25, 0.3) is 0 Å². The highest BCUT2D eigenvalue weighted by molar-refractivity contribution is 5.25. The number of benzene rings is 1. The number of nitrogens with one attached hydrogen (secondary N) is 1. The molecule has 2 atom stereocenters. The van der Waals surface area contributed by atoms with Gasteiger partial charge >= 0.3 is 0 Å². The van der Waals surface area contributed by atoms with Crippen molar-refractivity contribution in [3.05, 3.63) is 35.1 Å². The lowest BCUT2D eigenvalue weighted by Crippen LogP contribution is -2.53. The van der Waals surface area contributed by atoms with E-state index in [0.717, 1.165) is 30.8 Å². The zero-order valence-corrected chi connectivity index (χ0v) is 12.4. The molecule has 2 unspecified atom stereocenters. The Labute approximate surface area is 116 Å². The Kier molecular flexibility index (Phi) is 4.58. The average molecular weight is 264 g/mol. The molecule has 1 aromatic rings. The van der Waals surface area contributed by atoms with E-state index >= 15 is 0 Å². The van der Waals surface area contributed by atoms with Crippen LogP contribution in [0.15, 0.2) is 18.2 Å². The smallest absolute Gasteiger partial charge is 0.126 e. The van der Waals surface area contributed by atoms with Crippen molar-refractivity contribution < 1.29 is 4.39 Å². The molecule has 0 saturated carbocycles. The maximum atomic E-state index is 13.7. The van der Waals surface area contributed by atoms with E-state index in [4.69, 9.17) is 0 Å². The van der Waals surface area contributed by atoms with Crippen LogP contribution in [-0.4, -0.2) is 30.6 Å². The quantitative estimate of drug-likeness (QED) is 0.902. The Morgan fingerprint density at radius 3 is 2.68 bits per heavy atom. The summed E-state index contributed by atoms with van der Waals surface area (Å²) in [7, 11) is 0. The van der Waals surface area contributed by atoms with Crippen LogP contribution in [0, 0.1) is 18.7 Å². The number of rotatable bonds is 3. The predicted octanol–water partition coefficient (Wildman–Crippen LogP) is 3.12. The van der Waals surface area contributed by atoms with Crippen molar-refractivity contribution in [3.8, 4) is 0 Å². The van der Waals surface area contributed by atoms with Crippen LogP contribution in [0.5, 0.6) is 0 Å². The first kappa shape index (κ1) is 14.5. The van der Waals surface area contributed by atoms with Crippen LogP contribution in [0.1, 0.15) is 37.9 Å². The topological polar surface area (TPSA) is 15.3 Å². The van der Waals surface area contributed by atoms with E-state index in [0.29, 0.717) is 12.0 Å². The Hall–Kier alpha value is -0.930. The maximum absolute atomic E-state index is 13.7. The molecule has 2 nitrogen and oxygen atoms in total. The van der Waals surface area contributed by atoms with Crippen LogP contribution < -0.4 is 5.32 Å². The molecule has 2 rings (SSSR count). The van der Waals surface area contributed by atoms with E-state index in [9.17, 15) is 4.39 Å². The van der Waals surface area contributed by atoms with Crippen molar-refractivity contribution in [1.29, 1.82) is 0 Å². The summed E-state index contributed by atoms with van der Waals surface area (Å²) in [5.74, 6) is 0.532. The van der Waals surface area contributed by atoms with Gasteiger partial charge in [-0.25, -0.2) is 4.39 Å². The van der Waals surface area contributed by atoms with Gasteiger partial charge in [0, 0.05) is 31.7 Å². The minimum atomic E-state index is -0.0973.